The van der Waals surface area contributed by atoms with Gasteiger partial charge in [0, 0.05) is 12.8 Å². The predicted molar refractivity (Wildman–Crippen MR) is 41.8 cm³/mol. The molecule has 0 spiro atoms. The van der Waals surface area contributed by atoms with Gasteiger partial charge >= 0.3 is 0 Å². The van der Waals surface area contributed by atoms with Gasteiger partial charge in [0.2, 0.25) is 0 Å². The third kappa shape index (κ3) is 1.59. The second kappa shape index (κ2) is 3.18. The first-order chi connectivity index (χ1) is 4.74. The van der Waals surface area contributed by atoms with E-state index >= 15 is 0 Å². The summed E-state index contributed by atoms with van der Waals surface area (Å²) in [5, 5.41) is 0. The van der Waals surface area contributed by atoms with E-state index in [1.54, 1.807) is 0 Å². The lowest BCUT2D eigenvalue weighted by atomic mass is 9.78. The fraction of sp³-hybridized carbons (Fsp3) is 0.889. The highest BCUT2D eigenvalue weighted by Crippen LogP contribution is 2.29. The van der Waals surface area contributed by atoms with Gasteiger partial charge < -0.3 is 0 Å². The number of rotatable bonds is 1. The minimum atomic E-state index is 0.470. The lowest BCUT2D eigenvalue weighted by molar-refractivity contribution is -0.122. The van der Waals surface area contributed by atoms with Crippen molar-refractivity contribution in [2.45, 2.75) is 39.5 Å². The first kappa shape index (κ1) is 7.77. The van der Waals surface area contributed by atoms with Crippen molar-refractivity contribution in [3.8, 4) is 0 Å². The van der Waals surface area contributed by atoms with Crippen molar-refractivity contribution in [3.05, 3.63) is 0 Å². The Morgan fingerprint density at radius 1 is 1.60 bits per heavy atom. The van der Waals surface area contributed by atoms with Gasteiger partial charge in [-0.2, -0.15) is 0 Å². The molecule has 1 aliphatic carbocycles. The second-order valence-corrected chi connectivity index (χ2v) is 3.43. The largest absolute Gasteiger partial charge is 0.300 e. The van der Waals surface area contributed by atoms with Gasteiger partial charge in [-0.05, 0) is 18.3 Å². The van der Waals surface area contributed by atoms with E-state index in [0.29, 0.717) is 11.7 Å². The highest BCUT2D eigenvalue weighted by atomic mass is 16.1. The molecule has 0 N–H and O–H groups in total. The quantitative estimate of drug-likeness (QED) is 0.546. The number of ketones is 1. The van der Waals surface area contributed by atoms with Crippen LogP contribution in [0.15, 0.2) is 0 Å². The third-order valence-corrected chi connectivity index (χ3v) is 2.67. The average molecular weight is 140 g/mol. The maximum atomic E-state index is 10.9. The van der Waals surface area contributed by atoms with Crippen LogP contribution in [0.4, 0.5) is 0 Å². The number of hydrogen-bond donors (Lipinski definition) is 0. The average Bonchev–Trinajstić information content (AvgIpc) is 1.88. The zero-order chi connectivity index (χ0) is 7.56. The molecule has 1 saturated carbocycles. The van der Waals surface area contributed by atoms with E-state index in [0.717, 1.165) is 25.2 Å². The predicted octanol–water partition coefficient (Wildman–Crippen LogP) is 2.40. The van der Waals surface area contributed by atoms with Crippen LogP contribution in [0.25, 0.3) is 0 Å². The molecule has 0 radical (unpaired) electrons. The van der Waals surface area contributed by atoms with Gasteiger partial charge in [-0.15, -0.1) is 0 Å². The third-order valence-electron chi connectivity index (χ3n) is 2.67. The zero-order valence-corrected chi connectivity index (χ0v) is 6.89. The highest BCUT2D eigenvalue weighted by molar-refractivity contribution is 5.79. The van der Waals surface area contributed by atoms with Crippen LogP contribution in [-0.4, -0.2) is 5.78 Å². The van der Waals surface area contributed by atoms with E-state index < -0.39 is 0 Å². The molecule has 2 atom stereocenters. The molecule has 0 aromatic rings. The zero-order valence-electron chi connectivity index (χ0n) is 6.89. The van der Waals surface area contributed by atoms with Crippen LogP contribution < -0.4 is 0 Å². The number of carbonyl (C=O) groups excluding carboxylic acids is 1. The van der Waals surface area contributed by atoms with Gasteiger partial charge in [0.1, 0.15) is 5.78 Å². The summed E-state index contributed by atoms with van der Waals surface area (Å²) in [6.45, 7) is 4.42. The first-order valence-electron chi connectivity index (χ1n) is 4.25. The first-order valence-corrected chi connectivity index (χ1v) is 4.25. The topological polar surface area (TPSA) is 17.1 Å². The molecule has 0 aromatic heterocycles. The maximum Gasteiger partial charge on any atom is 0.133 e. The van der Waals surface area contributed by atoms with Crippen molar-refractivity contribution in [1.82, 2.24) is 0 Å². The molecule has 2 unspecified atom stereocenters. The standard InChI is InChI=1S/C9H16O/c1-3-8-4-5-9(10)6-7(8)2/h7-8H,3-6H2,1-2H3. The molecular formula is C9H16O. The van der Waals surface area contributed by atoms with Crippen LogP contribution >= 0.6 is 0 Å². The molecule has 10 heavy (non-hydrogen) atoms. The molecule has 1 fully saturated rings. The van der Waals surface area contributed by atoms with Crippen LogP contribution in [0.3, 0.4) is 0 Å². The fourth-order valence-electron chi connectivity index (χ4n) is 1.87. The van der Waals surface area contributed by atoms with Crippen molar-refractivity contribution < 1.29 is 4.79 Å². The lowest BCUT2D eigenvalue weighted by Crippen LogP contribution is -2.21. The van der Waals surface area contributed by atoms with Crippen molar-refractivity contribution in [3.63, 3.8) is 0 Å². The monoisotopic (exact) mass is 140 g/mol. The molecular weight excluding hydrogens is 124 g/mol. The Morgan fingerprint density at radius 3 is 2.80 bits per heavy atom. The second-order valence-electron chi connectivity index (χ2n) is 3.43. The van der Waals surface area contributed by atoms with Gasteiger partial charge in [0.15, 0.2) is 0 Å². The van der Waals surface area contributed by atoms with Crippen molar-refractivity contribution >= 4 is 5.78 Å². The van der Waals surface area contributed by atoms with Crippen LogP contribution in [0, 0.1) is 11.8 Å². The Balaban J connectivity index is 2.43. The summed E-state index contributed by atoms with van der Waals surface area (Å²) in [5.74, 6) is 1.93. The Kier molecular flexibility index (Phi) is 2.47. The number of Topliss-reactive ketones (excluding diaryl/α,β-unsaturated/α-hetero) is 1. The van der Waals surface area contributed by atoms with Gasteiger partial charge in [-0.3, -0.25) is 4.79 Å². The molecule has 58 valence electrons. The van der Waals surface area contributed by atoms with Gasteiger partial charge in [0.25, 0.3) is 0 Å². The smallest absolute Gasteiger partial charge is 0.133 e. The number of hydrogen-bond acceptors (Lipinski definition) is 1. The molecule has 1 heteroatoms. The van der Waals surface area contributed by atoms with E-state index in [1.165, 1.54) is 6.42 Å². The molecule has 0 amide bonds. The summed E-state index contributed by atoms with van der Waals surface area (Å²) in [7, 11) is 0. The Morgan fingerprint density at radius 2 is 2.30 bits per heavy atom. The normalized spacial score (nSPS) is 34.4. The van der Waals surface area contributed by atoms with Gasteiger partial charge in [-0.1, -0.05) is 20.3 Å². The van der Waals surface area contributed by atoms with Crippen molar-refractivity contribution in [2.24, 2.45) is 11.8 Å². The minimum absolute atomic E-state index is 0.470. The summed E-state index contributed by atoms with van der Waals surface area (Å²) in [6, 6.07) is 0. The maximum absolute atomic E-state index is 10.9. The van der Waals surface area contributed by atoms with Crippen LogP contribution in [0.2, 0.25) is 0 Å². The van der Waals surface area contributed by atoms with E-state index in [-0.39, 0.29) is 0 Å². The van der Waals surface area contributed by atoms with Crippen molar-refractivity contribution in [1.29, 1.82) is 0 Å². The lowest BCUT2D eigenvalue weighted by Gasteiger charge is -2.26. The molecule has 0 aromatic carbocycles. The summed E-state index contributed by atoms with van der Waals surface area (Å²) < 4.78 is 0. The molecule has 1 aliphatic rings. The Bertz CT molecular complexity index is 129. The van der Waals surface area contributed by atoms with Crippen LogP contribution in [0.1, 0.15) is 39.5 Å². The Labute approximate surface area is 62.8 Å². The summed E-state index contributed by atoms with van der Waals surface area (Å²) in [4.78, 5) is 10.9. The van der Waals surface area contributed by atoms with E-state index in [2.05, 4.69) is 13.8 Å². The van der Waals surface area contributed by atoms with E-state index in [9.17, 15) is 4.79 Å². The summed E-state index contributed by atoms with van der Waals surface area (Å²) in [6.07, 6.45) is 4.05. The molecule has 0 saturated heterocycles. The van der Waals surface area contributed by atoms with Crippen molar-refractivity contribution in [2.75, 3.05) is 0 Å². The fourth-order valence-corrected chi connectivity index (χ4v) is 1.87. The highest BCUT2D eigenvalue weighted by Gasteiger charge is 2.23. The minimum Gasteiger partial charge on any atom is -0.300 e. The van der Waals surface area contributed by atoms with Crippen LogP contribution in [0.5, 0.6) is 0 Å². The molecule has 0 bridgehead atoms. The summed E-state index contributed by atoms with van der Waals surface area (Å²) >= 11 is 0. The van der Waals surface area contributed by atoms with E-state index in [1.807, 2.05) is 0 Å². The summed E-state index contributed by atoms with van der Waals surface area (Å²) in [5.41, 5.74) is 0. The Hall–Kier alpha value is -0.330. The molecule has 0 aliphatic heterocycles. The van der Waals surface area contributed by atoms with Gasteiger partial charge in [-0.25, -0.2) is 0 Å². The SMILES string of the molecule is CCC1CCC(=O)CC1C. The van der Waals surface area contributed by atoms with E-state index in [4.69, 9.17) is 0 Å². The van der Waals surface area contributed by atoms with Crippen LogP contribution in [-0.2, 0) is 4.79 Å². The molecule has 1 nitrogen and oxygen atoms in total. The molecule has 0 heterocycles. The van der Waals surface area contributed by atoms with Gasteiger partial charge in [0.05, 0.1) is 0 Å². The number of carbonyl (C=O) groups is 1. The molecule has 1 rings (SSSR count).